The van der Waals surface area contributed by atoms with Crippen LogP contribution in [0.3, 0.4) is 0 Å². The summed E-state index contributed by atoms with van der Waals surface area (Å²) in [6.45, 7) is 10.6. The van der Waals surface area contributed by atoms with E-state index in [-0.39, 0.29) is 18.1 Å². The first-order chi connectivity index (χ1) is 13.9. The summed E-state index contributed by atoms with van der Waals surface area (Å²) in [5.74, 6) is 1.72. The van der Waals surface area contributed by atoms with Gasteiger partial charge in [-0.1, -0.05) is 6.07 Å². The van der Waals surface area contributed by atoms with Crippen molar-refractivity contribution < 1.29 is 9.53 Å². The van der Waals surface area contributed by atoms with Crippen LogP contribution in [0.15, 0.2) is 35.6 Å². The molecular weight excluding hydrogens is 366 g/mol. The number of carbonyl (C=O) groups excluding carboxylic acids is 1. The van der Waals surface area contributed by atoms with Gasteiger partial charge in [-0.3, -0.25) is 9.79 Å². The molecule has 0 saturated carbocycles. The molecule has 29 heavy (non-hydrogen) atoms. The first kappa shape index (κ1) is 19.4. The van der Waals surface area contributed by atoms with Crippen molar-refractivity contribution in [3.05, 3.63) is 47.4 Å². The average molecular weight is 393 g/mol. The summed E-state index contributed by atoms with van der Waals surface area (Å²) in [6, 6.07) is 8.24. The Kier molecular flexibility index (Phi) is 5.22. The maximum absolute atomic E-state index is 12.5. The Morgan fingerprint density at radius 3 is 2.62 bits per heavy atom. The van der Waals surface area contributed by atoms with Crippen LogP contribution in [0.5, 0.6) is 5.75 Å². The molecule has 152 valence electrons. The molecule has 0 radical (unpaired) electrons. The van der Waals surface area contributed by atoms with Crippen LogP contribution in [-0.4, -0.2) is 58.3 Å². The molecule has 3 heterocycles. The number of benzene rings is 1. The monoisotopic (exact) mass is 393 g/mol. The molecule has 1 aromatic heterocycles. The molecule has 2 aliphatic heterocycles. The third-order valence-corrected chi connectivity index (χ3v) is 5.22. The van der Waals surface area contributed by atoms with Gasteiger partial charge in [0.05, 0.1) is 30.6 Å². The van der Waals surface area contributed by atoms with Gasteiger partial charge in [0.1, 0.15) is 17.9 Å². The van der Waals surface area contributed by atoms with Gasteiger partial charge in [0.15, 0.2) is 0 Å². The van der Waals surface area contributed by atoms with Crippen molar-refractivity contribution in [2.24, 2.45) is 4.99 Å². The second kappa shape index (κ2) is 7.81. The van der Waals surface area contributed by atoms with Gasteiger partial charge in [-0.25, -0.2) is 9.97 Å². The zero-order valence-corrected chi connectivity index (χ0v) is 17.4. The molecule has 7 nitrogen and oxygen atoms in total. The van der Waals surface area contributed by atoms with Crippen molar-refractivity contribution in [2.45, 2.75) is 46.4 Å². The number of carbonyl (C=O) groups is 1. The van der Waals surface area contributed by atoms with E-state index in [1.165, 1.54) is 0 Å². The van der Waals surface area contributed by atoms with Gasteiger partial charge in [-0.15, -0.1) is 0 Å². The fourth-order valence-electron chi connectivity index (χ4n) is 3.81. The Morgan fingerprint density at radius 2 is 1.90 bits per heavy atom. The molecule has 1 saturated heterocycles. The molecule has 0 N–H and O–H groups in total. The lowest BCUT2D eigenvalue weighted by Crippen LogP contribution is -2.53. The van der Waals surface area contributed by atoms with Crippen molar-refractivity contribution in [3.8, 4) is 5.75 Å². The van der Waals surface area contributed by atoms with E-state index in [0.29, 0.717) is 19.6 Å². The SMILES string of the molecule is CC(C)Oc1ccc2c(c1)C(c1cc(N3CCN(C(C)C)C(=O)C3)ncn1)=NC2. The molecule has 0 unspecified atom stereocenters. The zero-order chi connectivity index (χ0) is 20.5. The third-order valence-electron chi connectivity index (χ3n) is 5.22. The van der Waals surface area contributed by atoms with Crippen molar-refractivity contribution >= 4 is 17.4 Å². The van der Waals surface area contributed by atoms with Gasteiger partial charge in [-0.05, 0) is 45.4 Å². The molecule has 1 fully saturated rings. The Hall–Kier alpha value is -2.96. The Labute approximate surface area is 171 Å². The molecule has 0 aliphatic carbocycles. The summed E-state index contributed by atoms with van der Waals surface area (Å²) in [5, 5.41) is 0. The van der Waals surface area contributed by atoms with Crippen molar-refractivity contribution in [2.75, 3.05) is 24.5 Å². The highest BCUT2D eigenvalue weighted by Crippen LogP contribution is 2.28. The fraction of sp³-hybridized carbons (Fsp3) is 0.455. The largest absolute Gasteiger partial charge is 0.491 e. The number of rotatable bonds is 5. The molecule has 2 aliphatic rings. The Bertz CT molecular complexity index is 954. The number of hydrogen-bond donors (Lipinski definition) is 0. The lowest BCUT2D eigenvalue weighted by molar-refractivity contribution is -0.132. The van der Waals surface area contributed by atoms with Crippen LogP contribution >= 0.6 is 0 Å². The van der Waals surface area contributed by atoms with Gasteiger partial charge in [0, 0.05) is 30.8 Å². The molecule has 1 aromatic carbocycles. The smallest absolute Gasteiger partial charge is 0.242 e. The van der Waals surface area contributed by atoms with Crippen LogP contribution < -0.4 is 9.64 Å². The molecule has 2 aromatic rings. The van der Waals surface area contributed by atoms with Crippen molar-refractivity contribution in [3.63, 3.8) is 0 Å². The third kappa shape index (κ3) is 3.95. The first-order valence-corrected chi connectivity index (χ1v) is 10.1. The Balaban J connectivity index is 1.58. The number of aliphatic imine (C=N–C) groups is 1. The molecule has 7 heteroatoms. The quantitative estimate of drug-likeness (QED) is 0.781. The number of aromatic nitrogens is 2. The predicted octanol–water partition coefficient (Wildman–Crippen LogP) is 2.67. The minimum Gasteiger partial charge on any atom is -0.491 e. The minimum absolute atomic E-state index is 0.113. The predicted molar refractivity (Wildman–Crippen MR) is 113 cm³/mol. The van der Waals surface area contributed by atoms with Crippen LogP contribution in [0.2, 0.25) is 0 Å². The van der Waals surface area contributed by atoms with Crippen molar-refractivity contribution in [1.29, 1.82) is 0 Å². The van der Waals surface area contributed by atoms with Crippen LogP contribution in [0, 0.1) is 0 Å². The van der Waals surface area contributed by atoms with E-state index in [2.05, 4.69) is 16.0 Å². The minimum atomic E-state index is 0.113. The maximum Gasteiger partial charge on any atom is 0.242 e. The van der Waals surface area contributed by atoms with Crippen molar-refractivity contribution in [1.82, 2.24) is 14.9 Å². The number of nitrogens with zero attached hydrogens (tertiary/aromatic N) is 5. The van der Waals surface area contributed by atoms with Crippen LogP contribution in [0.25, 0.3) is 0 Å². The van der Waals surface area contributed by atoms with Crippen LogP contribution in [0.4, 0.5) is 5.82 Å². The summed E-state index contributed by atoms with van der Waals surface area (Å²) in [4.78, 5) is 30.0. The summed E-state index contributed by atoms with van der Waals surface area (Å²) in [7, 11) is 0. The summed E-state index contributed by atoms with van der Waals surface area (Å²) in [5.41, 5.74) is 3.84. The molecule has 1 amide bonds. The molecule has 0 bridgehead atoms. The summed E-state index contributed by atoms with van der Waals surface area (Å²) >= 11 is 0. The highest BCUT2D eigenvalue weighted by molar-refractivity contribution is 6.14. The number of fused-ring (bicyclic) bond motifs is 1. The van der Waals surface area contributed by atoms with E-state index in [1.807, 2.05) is 55.7 Å². The summed E-state index contributed by atoms with van der Waals surface area (Å²) < 4.78 is 5.85. The second-order valence-electron chi connectivity index (χ2n) is 8.01. The zero-order valence-electron chi connectivity index (χ0n) is 17.4. The topological polar surface area (TPSA) is 70.9 Å². The average Bonchev–Trinajstić information content (AvgIpc) is 3.10. The Morgan fingerprint density at radius 1 is 1.07 bits per heavy atom. The lowest BCUT2D eigenvalue weighted by Gasteiger charge is -2.37. The lowest BCUT2D eigenvalue weighted by atomic mass is 10.0. The number of ether oxygens (including phenoxy) is 1. The van der Waals surface area contributed by atoms with Gasteiger partial charge in [-0.2, -0.15) is 0 Å². The van der Waals surface area contributed by atoms with E-state index in [4.69, 9.17) is 9.73 Å². The van der Waals surface area contributed by atoms with Gasteiger partial charge < -0.3 is 14.5 Å². The van der Waals surface area contributed by atoms with E-state index < -0.39 is 0 Å². The van der Waals surface area contributed by atoms with E-state index in [0.717, 1.165) is 40.6 Å². The van der Waals surface area contributed by atoms with Gasteiger partial charge in [0.2, 0.25) is 5.91 Å². The number of anilines is 1. The molecule has 0 spiro atoms. The number of piperazine rings is 1. The normalized spacial score (nSPS) is 16.5. The number of amides is 1. The molecule has 4 rings (SSSR count). The van der Waals surface area contributed by atoms with Crippen LogP contribution in [0.1, 0.15) is 44.5 Å². The fourth-order valence-corrected chi connectivity index (χ4v) is 3.81. The second-order valence-corrected chi connectivity index (χ2v) is 8.01. The standard InChI is InChI=1S/C22H27N5O2/c1-14(2)27-8-7-26(12-21(27)28)20-10-19(24-13-25-20)22-18-9-17(29-15(3)4)6-5-16(18)11-23-22/h5-6,9-10,13-15H,7-8,11-12H2,1-4H3. The highest BCUT2D eigenvalue weighted by Gasteiger charge is 2.27. The van der Waals surface area contributed by atoms with Gasteiger partial charge >= 0.3 is 0 Å². The highest BCUT2D eigenvalue weighted by atomic mass is 16.5. The maximum atomic E-state index is 12.5. The first-order valence-electron chi connectivity index (χ1n) is 10.1. The van der Waals surface area contributed by atoms with E-state index in [9.17, 15) is 4.79 Å². The molecular formula is C22H27N5O2. The summed E-state index contributed by atoms with van der Waals surface area (Å²) in [6.07, 6.45) is 1.67. The molecule has 0 atom stereocenters. The number of hydrogen-bond acceptors (Lipinski definition) is 6. The van der Waals surface area contributed by atoms with Gasteiger partial charge in [0.25, 0.3) is 0 Å². The van der Waals surface area contributed by atoms with E-state index in [1.54, 1.807) is 6.33 Å². The van der Waals surface area contributed by atoms with E-state index >= 15 is 0 Å². The van der Waals surface area contributed by atoms with Crippen LogP contribution in [-0.2, 0) is 11.3 Å².